The van der Waals surface area contributed by atoms with Crippen LogP contribution in [0.2, 0.25) is 4.34 Å². The minimum absolute atomic E-state index is 0.0158. The van der Waals surface area contributed by atoms with Crippen molar-refractivity contribution in [2.75, 3.05) is 19.8 Å². The first-order chi connectivity index (χ1) is 9.49. The van der Waals surface area contributed by atoms with E-state index in [-0.39, 0.29) is 19.2 Å². The van der Waals surface area contributed by atoms with E-state index in [4.69, 9.17) is 21.4 Å². The molecule has 0 aliphatic carbocycles. The number of carbonyl (C=O) groups excluding carboxylic acids is 1. The molecule has 2 N–H and O–H groups in total. The Morgan fingerprint density at radius 3 is 2.95 bits per heavy atom. The number of thiophene rings is 1. The first-order valence-corrected chi connectivity index (χ1v) is 7.31. The number of hydrogen-bond acceptors (Lipinski definition) is 4. The minimum Gasteiger partial charge on any atom is -0.480 e. The first kappa shape index (κ1) is 15.1. The molecule has 0 bridgehead atoms. The molecule has 0 saturated carbocycles. The lowest BCUT2D eigenvalue weighted by Crippen LogP contribution is -2.55. The molecule has 1 aromatic rings. The van der Waals surface area contributed by atoms with Crippen LogP contribution < -0.4 is 5.32 Å². The van der Waals surface area contributed by atoms with Gasteiger partial charge in [0.2, 0.25) is 0 Å². The Morgan fingerprint density at radius 2 is 2.35 bits per heavy atom. The van der Waals surface area contributed by atoms with Crippen LogP contribution in [0.25, 0.3) is 0 Å². The summed E-state index contributed by atoms with van der Waals surface area (Å²) in [6.45, 7) is 2.45. The second kappa shape index (κ2) is 6.43. The van der Waals surface area contributed by atoms with Gasteiger partial charge in [-0.1, -0.05) is 11.6 Å². The molecular formula is C12H15ClN2O4S. The molecule has 2 heterocycles. The Bertz CT molecular complexity index is 507. The highest BCUT2D eigenvalue weighted by Gasteiger charge is 2.33. The summed E-state index contributed by atoms with van der Waals surface area (Å²) in [5.41, 5.74) is 0. The Morgan fingerprint density at radius 1 is 1.60 bits per heavy atom. The predicted octanol–water partition coefficient (Wildman–Crippen LogP) is 1.96. The Hall–Kier alpha value is -1.31. The van der Waals surface area contributed by atoms with Gasteiger partial charge in [-0.3, -0.25) is 0 Å². The molecule has 1 fully saturated rings. The molecule has 1 aliphatic heterocycles. The van der Waals surface area contributed by atoms with Crippen molar-refractivity contribution in [1.29, 1.82) is 0 Å². The van der Waals surface area contributed by atoms with Crippen molar-refractivity contribution in [2.45, 2.75) is 19.0 Å². The van der Waals surface area contributed by atoms with Crippen LogP contribution in [0.15, 0.2) is 12.1 Å². The highest BCUT2D eigenvalue weighted by molar-refractivity contribution is 7.16. The van der Waals surface area contributed by atoms with Gasteiger partial charge in [0.05, 0.1) is 23.6 Å². The minimum atomic E-state index is -1.06. The van der Waals surface area contributed by atoms with Gasteiger partial charge in [-0.15, -0.1) is 11.3 Å². The molecule has 2 atom stereocenters. The maximum atomic E-state index is 12.2. The Labute approximate surface area is 125 Å². The van der Waals surface area contributed by atoms with Crippen molar-refractivity contribution in [3.8, 4) is 0 Å². The van der Waals surface area contributed by atoms with E-state index in [9.17, 15) is 9.59 Å². The van der Waals surface area contributed by atoms with Crippen LogP contribution in [-0.4, -0.2) is 47.8 Å². The highest BCUT2D eigenvalue weighted by Crippen LogP contribution is 2.26. The molecular weight excluding hydrogens is 304 g/mol. The number of carboxylic acids is 1. The third kappa shape index (κ3) is 3.41. The molecule has 20 heavy (non-hydrogen) atoms. The molecule has 1 aromatic heterocycles. The topological polar surface area (TPSA) is 78.9 Å². The Kier molecular flexibility index (Phi) is 4.85. The molecule has 6 nitrogen and oxygen atoms in total. The largest absolute Gasteiger partial charge is 0.480 e. The smallest absolute Gasteiger partial charge is 0.328 e. The van der Waals surface area contributed by atoms with E-state index in [1.54, 1.807) is 6.07 Å². The SMILES string of the molecule is CC(NC(=O)N1CCOCC1C(=O)O)c1ccc(Cl)s1. The van der Waals surface area contributed by atoms with E-state index >= 15 is 0 Å². The van der Waals surface area contributed by atoms with Gasteiger partial charge in [-0.2, -0.15) is 0 Å². The van der Waals surface area contributed by atoms with E-state index < -0.39 is 18.0 Å². The summed E-state index contributed by atoms with van der Waals surface area (Å²) < 4.78 is 5.75. The Balaban J connectivity index is 2.01. The molecule has 2 unspecified atom stereocenters. The van der Waals surface area contributed by atoms with Crippen molar-refractivity contribution in [2.24, 2.45) is 0 Å². The molecule has 1 aliphatic rings. The van der Waals surface area contributed by atoms with Crippen LogP contribution >= 0.6 is 22.9 Å². The summed E-state index contributed by atoms with van der Waals surface area (Å²) >= 11 is 7.24. The monoisotopic (exact) mass is 318 g/mol. The zero-order valence-corrected chi connectivity index (χ0v) is 12.4. The second-order valence-corrected chi connectivity index (χ2v) is 6.18. The fraction of sp³-hybridized carbons (Fsp3) is 0.500. The summed E-state index contributed by atoms with van der Waals surface area (Å²) in [7, 11) is 0. The van der Waals surface area contributed by atoms with Crippen LogP contribution in [0.3, 0.4) is 0 Å². The fourth-order valence-corrected chi connectivity index (χ4v) is 3.01. The second-order valence-electron chi connectivity index (χ2n) is 4.44. The van der Waals surface area contributed by atoms with Gasteiger partial charge >= 0.3 is 12.0 Å². The van der Waals surface area contributed by atoms with Gasteiger partial charge in [-0.25, -0.2) is 9.59 Å². The van der Waals surface area contributed by atoms with Gasteiger partial charge in [0.25, 0.3) is 0 Å². The van der Waals surface area contributed by atoms with Crippen LogP contribution in [-0.2, 0) is 9.53 Å². The standard InChI is InChI=1S/C12H15ClN2O4S/c1-7(9-2-3-10(13)20-9)14-12(18)15-4-5-19-6-8(15)11(16)17/h2-3,7-8H,4-6H2,1H3,(H,14,18)(H,16,17). The zero-order valence-electron chi connectivity index (χ0n) is 10.8. The predicted molar refractivity (Wildman–Crippen MR) is 75.2 cm³/mol. The van der Waals surface area contributed by atoms with Gasteiger partial charge in [0, 0.05) is 11.4 Å². The van der Waals surface area contributed by atoms with Crippen LogP contribution in [0, 0.1) is 0 Å². The number of nitrogens with one attached hydrogen (secondary N) is 1. The number of urea groups is 1. The average molecular weight is 319 g/mol. The van der Waals surface area contributed by atoms with Gasteiger partial charge in [-0.05, 0) is 19.1 Å². The number of morpholine rings is 1. The van der Waals surface area contributed by atoms with Gasteiger partial charge in [0.15, 0.2) is 6.04 Å². The number of aliphatic carboxylic acids is 1. The third-order valence-electron chi connectivity index (χ3n) is 3.04. The van der Waals surface area contributed by atoms with Crippen molar-refractivity contribution in [1.82, 2.24) is 10.2 Å². The van der Waals surface area contributed by atoms with Crippen LogP contribution in [0.4, 0.5) is 4.79 Å². The van der Waals surface area contributed by atoms with Crippen molar-refractivity contribution in [3.05, 3.63) is 21.3 Å². The summed E-state index contributed by atoms with van der Waals surface area (Å²) in [4.78, 5) is 25.5. The molecule has 0 aromatic carbocycles. The van der Waals surface area contributed by atoms with E-state index in [0.29, 0.717) is 10.9 Å². The highest BCUT2D eigenvalue weighted by atomic mass is 35.5. The lowest BCUT2D eigenvalue weighted by Gasteiger charge is -2.33. The average Bonchev–Trinajstić information content (AvgIpc) is 2.85. The van der Waals surface area contributed by atoms with E-state index in [2.05, 4.69) is 5.32 Å². The van der Waals surface area contributed by atoms with Gasteiger partial charge in [0.1, 0.15) is 0 Å². The normalized spacial score (nSPS) is 20.5. The molecule has 2 rings (SSSR count). The third-order valence-corrected chi connectivity index (χ3v) is 4.45. The van der Waals surface area contributed by atoms with Crippen molar-refractivity contribution in [3.63, 3.8) is 0 Å². The molecule has 110 valence electrons. The van der Waals surface area contributed by atoms with Gasteiger partial charge < -0.3 is 20.1 Å². The van der Waals surface area contributed by atoms with Crippen LogP contribution in [0.1, 0.15) is 17.8 Å². The number of rotatable bonds is 3. The van der Waals surface area contributed by atoms with E-state index in [0.717, 1.165) is 4.88 Å². The number of amides is 2. The number of carboxylic acid groups (broad SMARTS) is 1. The first-order valence-electron chi connectivity index (χ1n) is 6.12. The fourth-order valence-electron chi connectivity index (χ4n) is 1.95. The summed E-state index contributed by atoms with van der Waals surface area (Å²) in [6.07, 6.45) is 0. The lowest BCUT2D eigenvalue weighted by atomic mass is 10.2. The maximum Gasteiger partial charge on any atom is 0.328 e. The molecule has 8 heteroatoms. The number of carbonyl (C=O) groups is 2. The molecule has 0 radical (unpaired) electrons. The number of nitrogens with zero attached hydrogens (tertiary/aromatic N) is 1. The number of halogens is 1. The van der Waals surface area contributed by atoms with Crippen LogP contribution in [0.5, 0.6) is 0 Å². The quantitative estimate of drug-likeness (QED) is 0.893. The number of ether oxygens (including phenoxy) is 1. The summed E-state index contributed by atoms with van der Waals surface area (Å²) in [5.74, 6) is -1.06. The molecule has 2 amide bonds. The van der Waals surface area contributed by atoms with E-state index in [1.807, 2.05) is 13.0 Å². The summed E-state index contributed by atoms with van der Waals surface area (Å²) in [5, 5.41) is 11.9. The number of hydrogen-bond donors (Lipinski definition) is 2. The van der Waals surface area contributed by atoms with Crippen molar-refractivity contribution >= 4 is 34.9 Å². The lowest BCUT2D eigenvalue weighted by molar-refractivity contribution is -0.147. The summed E-state index contributed by atoms with van der Waals surface area (Å²) in [6, 6.07) is 2.03. The van der Waals surface area contributed by atoms with Crippen molar-refractivity contribution < 1.29 is 19.4 Å². The zero-order chi connectivity index (χ0) is 14.7. The molecule has 1 saturated heterocycles. The molecule has 0 spiro atoms. The van der Waals surface area contributed by atoms with E-state index in [1.165, 1.54) is 16.2 Å². The maximum absolute atomic E-state index is 12.2.